The van der Waals surface area contributed by atoms with E-state index in [1.165, 1.54) is 0 Å². The van der Waals surface area contributed by atoms with Crippen LogP contribution in [0.2, 0.25) is 0 Å². The predicted octanol–water partition coefficient (Wildman–Crippen LogP) is 2.79. The average molecular weight is 208 g/mol. The molecule has 0 aliphatic rings. The molecule has 2 heteroatoms. The third-order valence-corrected chi connectivity index (χ3v) is 2.26. The smallest absolute Gasteiger partial charge is 0.122 e. The van der Waals surface area contributed by atoms with Crippen molar-refractivity contribution in [3.8, 4) is 5.75 Å². The van der Waals surface area contributed by atoms with Gasteiger partial charge < -0.3 is 9.84 Å². The van der Waals surface area contributed by atoms with Crippen LogP contribution < -0.4 is 4.74 Å². The van der Waals surface area contributed by atoms with Crippen LogP contribution in [0.3, 0.4) is 0 Å². The van der Waals surface area contributed by atoms with Crippen LogP contribution in [0.1, 0.15) is 32.8 Å². The van der Waals surface area contributed by atoms with Gasteiger partial charge in [0, 0.05) is 6.42 Å². The standard InChI is InChI=1S/C13H20O2/c1-4-12(14)9-11-7-5-6-8-13(11)15-10(2)3/h5-8,10,12,14H,4,9H2,1-3H3. The first-order valence-electron chi connectivity index (χ1n) is 5.56. The van der Waals surface area contributed by atoms with Crippen LogP contribution in [-0.2, 0) is 6.42 Å². The van der Waals surface area contributed by atoms with Gasteiger partial charge in [-0.05, 0) is 31.9 Å². The molecule has 0 saturated carbocycles. The van der Waals surface area contributed by atoms with Crippen LogP contribution in [0.15, 0.2) is 24.3 Å². The summed E-state index contributed by atoms with van der Waals surface area (Å²) in [5, 5.41) is 9.61. The Kier molecular flexibility index (Phi) is 4.63. The van der Waals surface area contributed by atoms with Gasteiger partial charge in [-0.1, -0.05) is 25.1 Å². The monoisotopic (exact) mass is 208 g/mol. The van der Waals surface area contributed by atoms with E-state index in [4.69, 9.17) is 4.74 Å². The van der Waals surface area contributed by atoms with Gasteiger partial charge in [0.25, 0.3) is 0 Å². The maximum atomic E-state index is 9.61. The van der Waals surface area contributed by atoms with Gasteiger partial charge in [-0.15, -0.1) is 0 Å². The van der Waals surface area contributed by atoms with Crippen LogP contribution >= 0.6 is 0 Å². The Labute approximate surface area is 91.9 Å². The number of rotatable bonds is 5. The van der Waals surface area contributed by atoms with Gasteiger partial charge in [0.05, 0.1) is 12.2 Å². The molecule has 0 radical (unpaired) electrons. The Morgan fingerprint density at radius 3 is 2.53 bits per heavy atom. The van der Waals surface area contributed by atoms with Crippen LogP contribution in [0, 0.1) is 0 Å². The highest BCUT2D eigenvalue weighted by molar-refractivity contribution is 5.33. The minimum Gasteiger partial charge on any atom is -0.491 e. The molecular formula is C13H20O2. The van der Waals surface area contributed by atoms with Crippen molar-refractivity contribution < 1.29 is 9.84 Å². The Balaban J connectivity index is 2.76. The third-order valence-electron chi connectivity index (χ3n) is 2.26. The minimum absolute atomic E-state index is 0.171. The number of aliphatic hydroxyl groups is 1. The van der Waals surface area contributed by atoms with Crippen molar-refractivity contribution in [1.29, 1.82) is 0 Å². The molecular weight excluding hydrogens is 188 g/mol. The summed E-state index contributed by atoms with van der Waals surface area (Å²) in [7, 11) is 0. The van der Waals surface area contributed by atoms with Gasteiger partial charge in [-0.3, -0.25) is 0 Å². The summed E-state index contributed by atoms with van der Waals surface area (Å²) in [5.41, 5.74) is 1.08. The normalized spacial score (nSPS) is 12.9. The molecule has 0 aliphatic heterocycles. The topological polar surface area (TPSA) is 29.5 Å². The Morgan fingerprint density at radius 2 is 1.93 bits per heavy atom. The van der Waals surface area contributed by atoms with Gasteiger partial charge in [0.1, 0.15) is 5.75 Å². The Morgan fingerprint density at radius 1 is 1.27 bits per heavy atom. The number of para-hydroxylation sites is 1. The molecule has 1 atom stereocenters. The third kappa shape index (κ3) is 3.92. The van der Waals surface area contributed by atoms with Crippen molar-refractivity contribution in [2.45, 2.75) is 45.8 Å². The first-order chi connectivity index (χ1) is 7.13. The van der Waals surface area contributed by atoms with Gasteiger partial charge in [0.15, 0.2) is 0 Å². The second-order valence-electron chi connectivity index (χ2n) is 4.04. The fourth-order valence-electron chi connectivity index (χ4n) is 1.44. The number of aliphatic hydroxyl groups excluding tert-OH is 1. The zero-order valence-electron chi connectivity index (χ0n) is 9.73. The highest BCUT2D eigenvalue weighted by Gasteiger charge is 2.08. The number of hydrogen-bond donors (Lipinski definition) is 1. The van der Waals surface area contributed by atoms with E-state index in [9.17, 15) is 5.11 Å². The lowest BCUT2D eigenvalue weighted by Crippen LogP contribution is -2.12. The van der Waals surface area contributed by atoms with E-state index in [1.54, 1.807) is 0 Å². The van der Waals surface area contributed by atoms with E-state index < -0.39 is 0 Å². The molecule has 0 heterocycles. The predicted molar refractivity (Wildman–Crippen MR) is 62.2 cm³/mol. The van der Waals surface area contributed by atoms with Crippen molar-refractivity contribution in [2.75, 3.05) is 0 Å². The van der Waals surface area contributed by atoms with Crippen molar-refractivity contribution >= 4 is 0 Å². The van der Waals surface area contributed by atoms with Crippen molar-refractivity contribution in [1.82, 2.24) is 0 Å². The van der Waals surface area contributed by atoms with Crippen LogP contribution in [0.25, 0.3) is 0 Å². The van der Waals surface area contributed by atoms with Gasteiger partial charge >= 0.3 is 0 Å². The second-order valence-corrected chi connectivity index (χ2v) is 4.04. The molecule has 0 aromatic heterocycles. The molecule has 1 aromatic carbocycles. The summed E-state index contributed by atoms with van der Waals surface area (Å²) in [4.78, 5) is 0. The van der Waals surface area contributed by atoms with Crippen LogP contribution in [0.5, 0.6) is 5.75 Å². The quantitative estimate of drug-likeness (QED) is 0.806. The fourth-order valence-corrected chi connectivity index (χ4v) is 1.44. The molecule has 15 heavy (non-hydrogen) atoms. The zero-order chi connectivity index (χ0) is 11.3. The molecule has 1 rings (SSSR count). The summed E-state index contributed by atoms with van der Waals surface area (Å²) in [6.07, 6.45) is 1.34. The fraction of sp³-hybridized carbons (Fsp3) is 0.538. The molecule has 0 spiro atoms. The largest absolute Gasteiger partial charge is 0.491 e. The lowest BCUT2D eigenvalue weighted by molar-refractivity contribution is 0.167. The molecule has 0 amide bonds. The summed E-state index contributed by atoms with van der Waals surface area (Å²) in [6.45, 7) is 6.00. The molecule has 1 aromatic rings. The van der Waals surface area contributed by atoms with E-state index >= 15 is 0 Å². The summed E-state index contributed by atoms with van der Waals surface area (Å²) < 4.78 is 5.68. The van der Waals surface area contributed by atoms with E-state index in [2.05, 4.69) is 0 Å². The van der Waals surface area contributed by atoms with E-state index in [0.717, 1.165) is 17.7 Å². The van der Waals surface area contributed by atoms with Crippen molar-refractivity contribution in [3.05, 3.63) is 29.8 Å². The molecule has 1 N–H and O–H groups in total. The Hall–Kier alpha value is -1.02. The van der Waals surface area contributed by atoms with E-state index in [-0.39, 0.29) is 12.2 Å². The van der Waals surface area contributed by atoms with Gasteiger partial charge in [0.2, 0.25) is 0 Å². The second kappa shape index (κ2) is 5.76. The number of hydrogen-bond acceptors (Lipinski definition) is 2. The van der Waals surface area contributed by atoms with Gasteiger partial charge in [-0.2, -0.15) is 0 Å². The highest BCUT2D eigenvalue weighted by Crippen LogP contribution is 2.21. The first kappa shape index (κ1) is 12.1. The number of benzene rings is 1. The Bertz CT molecular complexity index is 294. The van der Waals surface area contributed by atoms with Gasteiger partial charge in [-0.25, -0.2) is 0 Å². The first-order valence-corrected chi connectivity index (χ1v) is 5.56. The maximum Gasteiger partial charge on any atom is 0.122 e. The highest BCUT2D eigenvalue weighted by atomic mass is 16.5. The summed E-state index contributed by atoms with van der Waals surface area (Å²) >= 11 is 0. The summed E-state index contributed by atoms with van der Waals surface area (Å²) in [6, 6.07) is 7.90. The molecule has 0 saturated heterocycles. The van der Waals surface area contributed by atoms with Crippen LogP contribution in [-0.4, -0.2) is 17.3 Å². The molecule has 0 aliphatic carbocycles. The molecule has 1 unspecified atom stereocenters. The molecule has 0 fully saturated rings. The van der Waals surface area contributed by atoms with E-state index in [0.29, 0.717) is 6.42 Å². The maximum absolute atomic E-state index is 9.61. The van der Waals surface area contributed by atoms with Crippen LogP contribution in [0.4, 0.5) is 0 Å². The molecule has 2 nitrogen and oxygen atoms in total. The lowest BCUT2D eigenvalue weighted by atomic mass is 10.1. The average Bonchev–Trinajstić information content (AvgIpc) is 2.20. The van der Waals surface area contributed by atoms with Crippen molar-refractivity contribution in [3.63, 3.8) is 0 Å². The summed E-state index contributed by atoms with van der Waals surface area (Å²) in [5.74, 6) is 0.889. The zero-order valence-corrected chi connectivity index (χ0v) is 9.73. The lowest BCUT2D eigenvalue weighted by Gasteiger charge is -2.15. The molecule has 0 bridgehead atoms. The van der Waals surface area contributed by atoms with E-state index in [1.807, 2.05) is 45.0 Å². The molecule has 84 valence electrons. The number of ether oxygens (including phenoxy) is 1. The SMILES string of the molecule is CCC(O)Cc1ccccc1OC(C)C. The van der Waals surface area contributed by atoms with Crippen molar-refractivity contribution in [2.24, 2.45) is 0 Å². The minimum atomic E-state index is -0.276.